The summed E-state index contributed by atoms with van der Waals surface area (Å²) >= 11 is 0. The lowest BCUT2D eigenvalue weighted by molar-refractivity contribution is 0.0193. The Kier molecular flexibility index (Phi) is 4.36. The molecule has 0 fully saturated rings. The van der Waals surface area contributed by atoms with Crippen LogP contribution in [0.4, 0.5) is 0 Å². The van der Waals surface area contributed by atoms with E-state index in [9.17, 15) is 0 Å². The van der Waals surface area contributed by atoms with Crippen LogP contribution in [0.25, 0.3) is 11.5 Å². The van der Waals surface area contributed by atoms with Crippen molar-refractivity contribution in [3.8, 4) is 11.5 Å². The van der Waals surface area contributed by atoms with Crippen molar-refractivity contribution in [1.82, 2.24) is 15.7 Å². The smallest absolute Gasteiger partial charge is 0.247 e. The molecule has 5 nitrogen and oxygen atoms in total. The van der Waals surface area contributed by atoms with Crippen LogP contribution in [0.5, 0.6) is 0 Å². The van der Waals surface area contributed by atoms with E-state index in [1.54, 1.807) is 0 Å². The summed E-state index contributed by atoms with van der Waals surface area (Å²) in [6, 6.07) is 19.6. The average Bonchev–Trinajstić information content (AvgIpc) is 3.02. The van der Waals surface area contributed by atoms with Gasteiger partial charge in [-0.1, -0.05) is 48.5 Å². The highest BCUT2D eigenvalue weighted by Gasteiger charge is 2.07. The Balaban J connectivity index is 1.49. The molecule has 0 saturated carbocycles. The number of hydrogen-bond donors (Lipinski definition) is 1. The molecule has 0 saturated heterocycles. The van der Waals surface area contributed by atoms with Gasteiger partial charge in [-0.25, -0.2) is 0 Å². The molecule has 0 aliphatic carbocycles. The fourth-order valence-electron chi connectivity index (χ4n) is 1.84. The highest BCUT2D eigenvalue weighted by Crippen LogP contribution is 2.16. The van der Waals surface area contributed by atoms with Crippen LogP contribution < -0.4 is 5.48 Å². The molecule has 0 aliphatic rings. The van der Waals surface area contributed by atoms with Gasteiger partial charge in [0.2, 0.25) is 11.8 Å². The van der Waals surface area contributed by atoms with E-state index in [0.717, 1.165) is 11.1 Å². The molecule has 1 N–H and O–H groups in total. The van der Waals surface area contributed by atoms with Crippen LogP contribution in [0.3, 0.4) is 0 Å². The monoisotopic (exact) mass is 281 g/mol. The maximum absolute atomic E-state index is 5.56. The van der Waals surface area contributed by atoms with Crippen molar-refractivity contribution >= 4 is 0 Å². The van der Waals surface area contributed by atoms with Gasteiger partial charge < -0.3 is 4.42 Å². The maximum Gasteiger partial charge on any atom is 0.247 e. The number of hydrogen-bond acceptors (Lipinski definition) is 5. The molecular formula is C16H15N3O2. The molecule has 0 amide bonds. The minimum Gasteiger partial charge on any atom is -0.419 e. The first kappa shape index (κ1) is 13.5. The van der Waals surface area contributed by atoms with Crippen molar-refractivity contribution in [2.75, 3.05) is 0 Å². The molecule has 21 heavy (non-hydrogen) atoms. The first-order chi connectivity index (χ1) is 10.4. The Morgan fingerprint density at radius 3 is 2.38 bits per heavy atom. The first-order valence-corrected chi connectivity index (χ1v) is 6.68. The number of benzene rings is 2. The minimum absolute atomic E-state index is 0.368. The Hall–Kier alpha value is -2.50. The summed E-state index contributed by atoms with van der Waals surface area (Å²) in [5, 5.41) is 7.99. The Morgan fingerprint density at radius 2 is 1.62 bits per heavy atom. The molecule has 0 bridgehead atoms. The highest BCUT2D eigenvalue weighted by molar-refractivity contribution is 5.51. The lowest BCUT2D eigenvalue weighted by Crippen LogP contribution is -2.14. The molecule has 0 unspecified atom stereocenters. The summed E-state index contributed by atoms with van der Waals surface area (Å²) in [6.07, 6.45) is 0. The van der Waals surface area contributed by atoms with Gasteiger partial charge in [-0.3, -0.25) is 4.84 Å². The molecule has 0 atom stereocenters. The highest BCUT2D eigenvalue weighted by atomic mass is 16.6. The van der Waals surface area contributed by atoms with Crippen LogP contribution in [-0.2, 0) is 18.0 Å². The van der Waals surface area contributed by atoms with Gasteiger partial charge >= 0.3 is 0 Å². The summed E-state index contributed by atoms with van der Waals surface area (Å²) in [5.74, 6) is 0.998. The van der Waals surface area contributed by atoms with Gasteiger partial charge in [0.15, 0.2) is 0 Å². The predicted molar refractivity (Wildman–Crippen MR) is 77.8 cm³/mol. The Morgan fingerprint density at radius 1 is 0.905 bits per heavy atom. The first-order valence-electron chi connectivity index (χ1n) is 6.68. The second-order valence-corrected chi connectivity index (χ2v) is 4.46. The standard InChI is InChI=1S/C16H15N3O2/c1-3-7-13(8-4-1)12-20-17-11-15-18-19-16(21-15)14-9-5-2-6-10-14/h1-10,17H,11-12H2. The van der Waals surface area contributed by atoms with Gasteiger partial charge in [-0.2, -0.15) is 5.48 Å². The van der Waals surface area contributed by atoms with Gasteiger partial charge in [-0.05, 0) is 17.7 Å². The summed E-state index contributed by atoms with van der Waals surface area (Å²) < 4.78 is 5.56. The largest absolute Gasteiger partial charge is 0.419 e. The van der Waals surface area contributed by atoms with E-state index in [1.807, 2.05) is 60.7 Å². The third-order valence-corrected chi connectivity index (χ3v) is 2.89. The minimum atomic E-state index is 0.368. The van der Waals surface area contributed by atoms with Gasteiger partial charge in [-0.15, -0.1) is 10.2 Å². The number of nitrogens with one attached hydrogen (secondary N) is 1. The zero-order valence-corrected chi connectivity index (χ0v) is 11.4. The topological polar surface area (TPSA) is 60.2 Å². The van der Waals surface area contributed by atoms with Crippen molar-refractivity contribution in [2.45, 2.75) is 13.2 Å². The van der Waals surface area contributed by atoms with Crippen molar-refractivity contribution in [2.24, 2.45) is 0 Å². The number of aromatic nitrogens is 2. The molecule has 106 valence electrons. The maximum atomic E-state index is 5.56. The Bertz CT molecular complexity index is 668. The SMILES string of the molecule is c1ccc(CONCc2nnc(-c3ccccc3)o2)cc1. The van der Waals surface area contributed by atoms with Crippen molar-refractivity contribution in [3.05, 3.63) is 72.1 Å². The normalized spacial score (nSPS) is 10.7. The lowest BCUT2D eigenvalue weighted by Gasteiger charge is -2.03. The number of nitrogens with zero attached hydrogens (tertiary/aromatic N) is 2. The molecule has 2 aromatic carbocycles. The van der Waals surface area contributed by atoms with E-state index in [0.29, 0.717) is 24.9 Å². The molecule has 0 spiro atoms. The van der Waals surface area contributed by atoms with Gasteiger partial charge in [0.25, 0.3) is 0 Å². The second kappa shape index (κ2) is 6.78. The molecule has 5 heteroatoms. The molecule has 0 radical (unpaired) electrons. The summed E-state index contributed by atoms with van der Waals surface area (Å²) in [7, 11) is 0. The van der Waals surface area contributed by atoms with E-state index >= 15 is 0 Å². The number of hydroxylamine groups is 1. The van der Waals surface area contributed by atoms with Crippen LogP contribution in [-0.4, -0.2) is 10.2 Å². The van der Waals surface area contributed by atoms with Crippen molar-refractivity contribution in [1.29, 1.82) is 0 Å². The van der Waals surface area contributed by atoms with Gasteiger partial charge in [0, 0.05) is 5.56 Å². The molecule has 3 rings (SSSR count). The van der Waals surface area contributed by atoms with Crippen molar-refractivity contribution < 1.29 is 9.25 Å². The van der Waals surface area contributed by atoms with Gasteiger partial charge in [0.05, 0.1) is 13.2 Å². The molecule has 0 aliphatic heterocycles. The van der Waals surface area contributed by atoms with E-state index in [1.165, 1.54) is 0 Å². The molecule has 1 heterocycles. The Labute approximate surface area is 122 Å². The van der Waals surface area contributed by atoms with Crippen LogP contribution in [0.2, 0.25) is 0 Å². The van der Waals surface area contributed by atoms with E-state index < -0.39 is 0 Å². The van der Waals surface area contributed by atoms with Gasteiger partial charge in [0.1, 0.15) is 0 Å². The molecular weight excluding hydrogens is 266 g/mol. The van der Waals surface area contributed by atoms with Crippen LogP contribution in [0.15, 0.2) is 65.1 Å². The van der Waals surface area contributed by atoms with Crippen LogP contribution >= 0.6 is 0 Å². The van der Waals surface area contributed by atoms with Crippen LogP contribution in [0.1, 0.15) is 11.5 Å². The summed E-state index contributed by atoms with van der Waals surface area (Å²) in [6.45, 7) is 0.854. The van der Waals surface area contributed by atoms with E-state index in [4.69, 9.17) is 9.25 Å². The molecule has 1 aromatic heterocycles. The third kappa shape index (κ3) is 3.75. The quantitative estimate of drug-likeness (QED) is 0.556. The van der Waals surface area contributed by atoms with E-state index in [-0.39, 0.29) is 0 Å². The zero-order chi connectivity index (χ0) is 14.3. The summed E-state index contributed by atoms with van der Waals surface area (Å²) in [5.41, 5.74) is 4.82. The number of rotatable bonds is 6. The summed E-state index contributed by atoms with van der Waals surface area (Å²) in [4.78, 5) is 5.36. The third-order valence-electron chi connectivity index (χ3n) is 2.89. The fraction of sp³-hybridized carbons (Fsp3) is 0.125. The van der Waals surface area contributed by atoms with Crippen molar-refractivity contribution in [3.63, 3.8) is 0 Å². The predicted octanol–water partition coefficient (Wildman–Crippen LogP) is 2.96. The lowest BCUT2D eigenvalue weighted by atomic mass is 10.2. The van der Waals surface area contributed by atoms with E-state index in [2.05, 4.69) is 15.7 Å². The average molecular weight is 281 g/mol. The second-order valence-electron chi connectivity index (χ2n) is 4.46. The van der Waals surface area contributed by atoms with Crippen LogP contribution in [0, 0.1) is 0 Å². The fourth-order valence-corrected chi connectivity index (χ4v) is 1.84. The zero-order valence-electron chi connectivity index (χ0n) is 11.4. The molecule has 3 aromatic rings.